The molecule has 6 heteroatoms. The molecular weight excluding hydrogens is 360 g/mol. The first-order chi connectivity index (χ1) is 13.1. The van der Waals surface area contributed by atoms with E-state index in [4.69, 9.17) is 0 Å². The summed E-state index contributed by atoms with van der Waals surface area (Å²) < 4.78 is 27.6. The molecule has 0 saturated heterocycles. The summed E-state index contributed by atoms with van der Waals surface area (Å²) in [4.78, 5) is 0. The highest BCUT2D eigenvalue weighted by atomic mass is 32.2. The molecule has 0 bridgehead atoms. The average Bonchev–Trinajstić information content (AvgIpc) is 2.67. The molecule has 0 aliphatic heterocycles. The molecule has 0 heterocycles. The molecule has 0 aromatic heterocycles. The van der Waals surface area contributed by atoms with Crippen molar-refractivity contribution in [1.82, 2.24) is 0 Å². The van der Waals surface area contributed by atoms with Crippen molar-refractivity contribution in [2.75, 3.05) is 10.5 Å². The first-order valence-corrected chi connectivity index (χ1v) is 11.1. The van der Waals surface area contributed by atoms with Gasteiger partial charge in [-0.05, 0) is 12.5 Å². The molecule has 0 radical (unpaired) electrons. The number of benzene rings is 2. The van der Waals surface area contributed by atoms with Crippen LogP contribution in [0.1, 0.15) is 56.6 Å². The summed E-state index contributed by atoms with van der Waals surface area (Å²) in [6.07, 6.45) is 6.14. The molecule has 0 atom stereocenters. The van der Waals surface area contributed by atoms with Gasteiger partial charge in [-0.1, -0.05) is 92.7 Å². The summed E-state index contributed by atoms with van der Waals surface area (Å²) in [5.41, 5.74) is 1.99. The average molecular weight is 389 g/mol. The predicted molar refractivity (Wildman–Crippen MR) is 111 cm³/mol. The van der Waals surface area contributed by atoms with Crippen LogP contribution in [0.4, 0.5) is 5.69 Å². The minimum atomic E-state index is -3.46. The minimum absolute atomic E-state index is 0.0877. The number of hydrogen-bond acceptors (Lipinski definition) is 4. The van der Waals surface area contributed by atoms with Gasteiger partial charge in [-0.3, -0.25) is 4.72 Å². The molecule has 0 aliphatic rings. The first kappa shape index (κ1) is 21.0. The third kappa shape index (κ3) is 6.71. The van der Waals surface area contributed by atoms with Gasteiger partial charge in [0.05, 0.1) is 11.4 Å². The highest BCUT2D eigenvalue weighted by molar-refractivity contribution is 7.92. The van der Waals surface area contributed by atoms with E-state index in [0.717, 1.165) is 19.3 Å². The number of anilines is 1. The van der Waals surface area contributed by atoms with Crippen LogP contribution in [0.25, 0.3) is 0 Å². The Morgan fingerprint density at radius 1 is 0.926 bits per heavy atom. The van der Waals surface area contributed by atoms with E-state index in [9.17, 15) is 13.6 Å². The van der Waals surface area contributed by atoms with E-state index < -0.39 is 10.0 Å². The number of rotatable bonds is 11. The predicted octanol–water partition coefficient (Wildman–Crippen LogP) is 5.02. The number of oxime groups is 1. The van der Waals surface area contributed by atoms with Crippen LogP contribution in [0.3, 0.4) is 0 Å². The van der Waals surface area contributed by atoms with Gasteiger partial charge in [0.2, 0.25) is 10.0 Å². The maximum Gasteiger partial charge on any atom is 0.232 e. The number of sulfonamides is 1. The third-order valence-corrected chi connectivity index (χ3v) is 5.72. The fraction of sp³-hybridized carbons (Fsp3) is 0.381. The second-order valence-electron chi connectivity index (χ2n) is 6.55. The van der Waals surface area contributed by atoms with E-state index >= 15 is 0 Å². The molecule has 2 aromatic rings. The lowest BCUT2D eigenvalue weighted by molar-refractivity contribution is 0.319. The van der Waals surface area contributed by atoms with E-state index in [2.05, 4.69) is 16.8 Å². The standard InChI is InChI=1S/C21H28N2O3S/c1-2-3-4-5-6-12-17-27(25,26)23-20-16-11-10-15-19(20)21(22-24)18-13-8-7-9-14-18/h7-11,13-16,23-24H,2-6,12,17H2,1H3/b22-21+. The van der Waals surface area contributed by atoms with E-state index in [1.54, 1.807) is 24.3 Å². The van der Waals surface area contributed by atoms with Gasteiger partial charge in [0.25, 0.3) is 0 Å². The Balaban J connectivity index is 2.09. The van der Waals surface area contributed by atoms with Gasteiger partial charge in [0.1, 0.15) is 5.71 Å². The highest BCUT2D eigenvalue weighted by Crippen LogP contribution is 2.21. The second kappa shape index (κ2) is 10.7. The molecular formula is C21H28N2O3S. The Bertz CT molecular complexity index is 834. The molecule has 2 rings (SSSR count). The monoisotopic (exact) mass is 388 g/mol. The lowest BCUT2D eigenvalue weighted by Gasteiger charge is -2.13. The molecule has 0 unspecified atom stereocenters. The summed E-state index contributed by atoms with van der Waals surface area (Å²) >= 11 is 0. The lowest BCUT2D eigenvalue weighted by atomic mass is 10.0. The number of unbranched alkanes of at least 4 members (excludes halogenated alkanes) is 5. The van der Waals surface area contributed by atoms with Crippen LogP contribution >= 0.6 is 0 Å². The van der Waals surface area contributed by atoms with Gasteiger partial charge in [-0.2, -0.15) is 0 Å². The summed E-state index contributed by atoms with van der Waals surface area (Å²) in [5.74, 6) is 0.0877. The van der Waals surface area contributed by atoms with Crippen LogP contribution in [0.5, 0.6) is 0 Å². The lowest BCUT2D eigenvalue weighted by Crippen LogP contribution is -2.19. The number of nitrogens with zero attached hydrogens (tertiary/aromatic N) is 1. The number of para-hydroxylation sites is 1. The van der Waals surface area contributed by atoms with Crippen molar-refractivity contribution in [3.8, 4) is 0 Å². The topological polar surface area (TPSA) is 78.8 Å². The Labute approximate surface area is 162 Å². The molecule has 0 aliphatic carbocycles. The van der Waals surface area contributed by atoms with Gasteiger partial charge in [0, 0.05) is 11.1 Å². The van der Waals surface area contributed by atoms with Gasteiger partial charge in [-0.25, -0.2) is 8.42 Å². The van der Waals surface area contributed by atoms with Crippen LogP contribution in [-0.4, -0.2) is 25.1 Å². The minimum Gasteiger partial charge on any atom is -0.410 e. The fourth-order valence-corrected chi connectivity index (χ4v) is 4.13. The first-order valence-electron chi connectivity index (χ1n) is 9.44. The SMILES string of the molecule is CCCCCCCCS(=O)(=O)Nc1ccccc1/C(=N/O)c1ccccc1. The van der Waals surface area contributed by atoms with Crippen molar-refractivity contribution in [2.45, 2.75) is 45.4 Å². The second-order valence-corrected chi connectivity index (χ2v) is 8.39. The van der Waals surface area contributed by atoms with E-state index in [-0.39, 0.29) is 5.75 Å². The fourth-order valence-electron chi connectivity index (χ4n) is 2.93. The van der Waals surface area contributed by atoms with Gasteiger partial charge < -0.3 is 5.21 Å². The van der Waals surface area contributed by atoms with Gasteiger partial charge in [0.15, 0.2) is 0 Å². The summed E-state index contributed by atoms with van der Waals surface area (Å²) in [5, 5.41) is 12.9. The van der Waals surface area contributed by atoms with Crippen molar-refractivity contribution in [3.05, 3.63) is 65.7 Å². The molecule has 0 fully saturated rings. The summed E-state index contributed by atoms with van der Waals surface area (Å²) in [6, 6.07) is 16.1. The zero-order valence-electron chi connectivity index (χ0n) is 15.8. The van der Waals surface area contributed by atoms with Crippen LogP contribution in [-0.2, 0) is 10.0 Å². The zero-order chi connectivity index (χ0) is 19.5. The van der Waals surface area contributed by atoms with Crippen molar-refractivity contribution in [1.29, 1.82) is 0 Å². The van der Waals surface area contributed by atoms with Crippen LogP contribution in [0.2, 0.25) is 0 Å². The van der Waals surface area contributed by atoms with Crippen LogP contribution < -0.4 is 4.72 Å². The molecule has 5 nitrogen and oxygen atoms in total. The maximum atomic E-state index is 12.5. The van der Waals surface area contributed by atoms with Crippen molar-refractivity contribution in [2.24, 2.45) is 5.16 Å². The molecule has 0 spiro atoms. The van der Waals surface area contributed by atoms with Crippen molar-refractivity contribution < 1.29 is 13.6 Å². The van der Waals surface area contributed by atoms with Crippen LogP contribution in [0, 0.1) is 0 Å². The summed E-state index contributed by atoms with van der Waals surface area (Å²) in [6.45, 7) is 2.16. The van der Waals surface area contributed by atoms with E-state index in [1.165, 1.54) is 12.8 Å². The zero-order valence-corrected chi connectivity index (χ0v) is 16.6. The van der Waals surface area contributed by atoms with E-state index in [1.807, 2.05) is 30.3 Å². The smallest absolute Gasteiger partial charge is 0.232 e. The largest absolute Gasteiger partial charge is 0.410 e. The van der Waals surface area contributed by atoms with Gasteiger partial charge in [-0.15, -0.1) is 0 Å². The quantitative estimate of drug-likeness (QED) is 0.246. The Morgan fingerprint density at radius 3 is 2.26 bits per heavy atom. The van der Waals surface area contributed by atoms with Crippen LogP contribution in [0.15, 0.2) is 59.8 Å². The van der Waals surface area contributed by atoms with Crippen molar-refractivity contribution >= 4 is 21.4 Å². The normalized spacial score (nSPS) is 12.1. The summed E-state index contributed by atoms with van der Waals surface area (Å²) in [7, 11) is -3.46. The maximum absolute atomic E-state index is 12.5. The van der Waals surface area contributed by atoms with Crippen molar-refractivity contribution in [3.63, 3.8) is 0 Å². The molecule has 0 saturated carbocycles. The molecule has 146 valence electrons. The molecule has 2 aromatic carbocycles. The molecule has 0 amide bonds. The molecule has 27 heavy (non-hydrogen) atoms. The Morgan fingerprint density at radius 2 is 1.56 bits per heavy atom. The Kier molecular flexibility index (Phi) is 8.33. The van der Waals surface area contributed by atoms with Gasteiger partial charge >= 0.3 is 0 Å². The molecule has 2 N–H and O–H groups in total. The number of hydrogen-bond donors (Lipinski definition) is 2. The van der Waals surface area contributed by atoms with E-state index in [0.29, 0.717) is 28.9 Å². The third-order valence-electron chi connectivity index (χ3n) is 4.36. The number of nitrogens with one attached hydrogen (secondary N) is 1. The Hall–Kier alpha value is -2.34. The highest BCUT2D eigenvalue weighted by Gasteiger charge is 2.16.